The molecule has 0 unspecified atom stereocenters. The molecule has 58 valence electrons. The Labute approximate surface area is 71.9 Å². The van der Waals surface area contributed by atoms with E-state index >= 15 is 0 Å². The van der Waals surface area contributed by atoms with Gasteiger partial charge in [-0.25, -0.2) is 0 Å². The molecule has 0 saturated carbocycles. The summed E-state index contributed by atoms with van der Waals surface area (Å²) in [7, 11) is 3.93. The molecule has 1 heterocycles. The molecule has 0 atom stereocenters. The Morgan fingerprint density at radius 2 is 1.90 bits per heavy atom. The third kappa shape index (κ3) is 1.52. The van der Waals surface area contributed by atoms with Crippen molar-refractivity contribution >= 4 is 17.0 Å². The molecule has 0 aromatic heterocycles. The van der Waals surface area contributed by atoms with Crippen LogP contribution >= 0.6 is 17.0 Å². The fourth-order valence-corrected chi connectivity index (χ4v) is 0.700. The van der Waals surface area contributed by atoms with Crippen LogP contribution < -0.4 is 0 Å². The van der Waals surface area contributed by atoms with Gasteiger partial charge < -0.3 is 0 Å². The largest absolute Gasteiger partial charge is 0.297 e. The Morgan fingerprint density at radius 1 is 1.30 bits per heavy atom. The third-order valence-corrected chi connectivity index (χ3v) is 1.41. The monoisotopic (exact) mass is 205 g/mol. The quantitative estimate of drug-likeness (QED) is 0.638. The van der Waals surface area contributed by atoms with Crippen molar-refractivity contribution in [3.8, 4) is 0 Å². The van der Waals surface area contributed by atoms with E-state index in [1.165, 1.54) is 0 Å². The predicted octanol–water partition coefficient (Wildman–Crippen LogP) is 1.19. The average Bonchev–Trinajstić information content (AvgIpc) is 2.15. The summed E-state index contributed by atoms with van der Waals surface area (Å²) in [6.07, 6.45) is 5.65. The maximum absolute atomic E-state index is 3.63. The molecule has 10 heavy (non-hydrogen) atoms. The van der Waals surface area contributed by atoms with Crippen molar-refractivity contribution in [3.05, 3.63) is 25.2 Å². The molecule has 3 nitrogen and oxygen atoms in total. The lowest BCUT2D eigenvalue weighted by Gasteiger charge is -2.26. The molecule has 1 rings (SSSR count). The smallest absolute Gasteiger partial charge is 0.0403 e. The van der Waals surface area contributed by atoms with Gasteiger partial charge >= 0.3 is 0 Å². The van der Waals surface area contributed by atoms with Crippen LogP contribution in [0.5, 0.6) is 0 Å². The number of nitrogens with zero attached hydrogens (tertiary/aromatic N) is 3. The van der Waals surface area contributed by atoms with Gasteiger partial charge in [-0.05, 0) is 0 Å². The first-order valence-corrected chi connectivity index (χ1v) is 2.81. The SMILES string of the molecule is Br.C=CN1C=CN(C)N1C. The number of hydrogen-bond donors (Lipinski definition) is 0. The lowest BCUT2D eigenvalue weighted by Crippen LogP contribution is -2.35. The summed E-state index contributed by atoms with van der Waals surface area (Å²) in [6, 6.07) is 0. The molecule has 0 saturated heterocycles. The van der Waals surface area contributed by atoms with E-state index in [1.54, 1.807) is 6.20 Å². The van der Waals surface area contributed by atoms with Crippen LogP contribution in [0.3, 0.4) is 0 Å². The van der Waals surface area contributed by atoms with Gasteiger partial charge in [0.2, 0.25) is 0 Å². The molecular formula is C6H12BrN3. The van der Waals surface area contributed by atoms with E-state index in [4.69, 9.17) is 0 Å². The van der Waals surface area contributed by atoms with Crippen molar-refractivity contribution < 1.29 is 0 Å². The number of rotatable bonds is 1. The Balaban J connectivity index is 0.000000810. The maximum Gasteiger partial charge on any atom is 0.0403 e. The second-order valence-electron chi connectivity index (χ2n) is 1.92. The first-order valence-electron chi connectivity index (χ1n) is 2.81. The van der Waals surface area contributed by atoms with Crippen molar-refractivity contribution in [2.45, 2.75) is 0 Å². The topological polar surface area (TPSA) is 9.72 Å². The van der Waals surface area contributed by atoms with Crippen LogP contribution in [0, 0.1) is 0 Å². The van der Waals surface area contributed by atoms with E-state index in [9.17, 15) is 0 Å². The summed E-state index contributed by atoms with van der Waals surface area (Å²) in [6.45, 7) is 3.63. The molecule has 0 aromatic carbocycles. The van der Waals surface area contributed by atoms with Crippen LogP contribution in [-0.2, 0) is 0 Å². The average molecular weight is 206 g/mol. The highest BCUT2D eigenvalue weighted by atomic mass is 79.9. The molecule has 1 aliphatic rings. The van der Waals surface area contributed by atoms with E-state index in [0.717, 1.165) is 0 Å². The Kier molecular flexibility index (Phi) is 3.46. The minimum atomic E-state index is 0. The first kappa shape index (κ1) is 9.52. The van der Waals surface area contributed by atoms with E-state index in [0.29, 0.717) is 0 Å². The maximum atomic E-state index is 3.63. The van der Waals surface area contributed by atoms with Crippen LogP contribution in [-0.4, -0.2) is 29.2 Å². The Hall–Kier alpha value is -0.480. The molecule has 0 spiro atoms. The van der Waals surface area contributed by atoms with Gasteiger partial charge in [-0.15, -0.1) is 22.1 Å². The van der Waals surface area contributed by atoms with Crippen molar-refractivity contribution in [2.24, 2.45) is 0 Å². The molecule has 0 amide bonds. The molecule has 1 aliphatic heterocycles. The zero-order valence-corrected chi connectivity index (χ0v) is 7.90. The van der Waals surface area contributed by atoms with Gasteiger partial charge in [0.25, 0.3) is 0 Å². The van der Waals surface area contributed by atoms with E-state index < -0.39 is 0 Å². The Bertz CT molecular complexity index is 146. The lowest BCUT2D eigenvalue weighted by atomic mass is 10.8. The van der Waals surface area contributed by atoms with Crippen molar-refractivity contribution in [1.82, 2.24) is 15.1 Å². The molecule has 0 aliphatic carbocycles. The second kappa shape index (κ2) is 3.63. The lowest BCUT2D eigenvalue weighted by molar-refractivity contribution is -0.0376. The molecule has 0 fully saturated rings. The van der Waals surface area contributed by atoms with Gasteiger partial charge in [0.15, 0.2) is 0 Å². The van der Waals surface area contributed by atoms with Crippen molar-refractivity contribution in [2.75, 3.05) is 14.1 Å². The van der Waals surface area contributed by atoms with Gasteiger partial charge in [-0.1, -0.05) is 6.58 Å². The van der Waals surface area contributed by atoms with Crippen molar-refractivity contribution in [1.29, 1.82) is 0 Å². The molecule has 0 radical (unpaired) electrons. The summed E-state index contributed by atoms with van der Waals surface area (Å²) >= 11 is 0. The van der Waals surface area contributed by atoms with E-state index in [1.807, 2.05) is 41.6 Å². The summed E-state index contributed by atoms with van der Waals surface area (Å²) in [5.74, 6) is 0. The minimum Gasteiger partial charge on any atom is -0.297 e. The normalized spacial score (nSPS) is 17.4. The molecule has 0 N–H and O–H groups in total. The van der Waals surface area contributed by atoms with Gasteiger partial charge in [-0.3, -0.25) is 10.0 Å². The zero-order valence-electron chi connectivity index (χ0n) is 6.19. The highest BCUT2D eigenvalue weighted by molar-refractivity contribution is 8.93. The van der Waals surface area contributed by atoms with Crippen molar-refractivity contribution in [3.63, 3.8) is 0 Å². The van der Waals surface area contributed by atoms with Crippen LogP contribution in [0.25, 0.3) is 0 Å². The standard InChI is InChI=1S/C6H11N3.BrH/c1-4-9-6-5-7(2)8(9)3;/h4-6H,1H2,2-3H3;1H. The third-order valence-electron chi connectivity index (χ3n) is 1.41. The fourth-order valence-electron chi connectivity index (χ4n) is 0.700. The Morgan fingerprint density at radius 3 is 2.10 bits per heavy atom. The number of halogens is 1. The van der Waals surface area contributed by atoms with Gasteiger partial charge in [0.1, 0.15) is 0 Å². The zero-order chi connectivity index (χ0) is 6.85. The molecule has 0 aromatic rings. The number of hydrogen-bond acceptors (Lipinski definition) is 3. The molecule has 4 heteroatoms. The van der Waals surface area contributed by atoms with Gasteiger partial charge in [0.05, 0.1) is 0 Å². The summed E-state index contributed by atoms with van der Waals surface area (Å²) in [5.41, 5.74) is 0. The second-order valence-corrected chi connectivity index (χ2v) is 1.92. The molecule has 0 bridgehead atoms. The fraction of sp³-hybridized carbons (Fsp3) is 0.333. The summed E-state index contributed by atoms with van der Waals surface area (Å²) in [5, 5.41) is 5.79. The van der Waals surface area contributed by atoms with Crippen LogP contribution in [0.4, 0.5) is 0 Å². The first-order chi connectivity index (χ1) is 4.25. The minimum absolute atomic E-state index is 0. The summed E-state index contributed by atoms with van der Waals surface area (Å²) in [4.78, 5) is 0. The van der Waals surface area contributed by atoms with Gasteiger partial charge in [-0.2, -0.15) is 0 Å². The predicted molar refractivity (Wildman–Crippen MR) is 47.0 cm³/mol. The van der Waals surface area contributed by atoms with E-state index in [-0.39, 0.29) is 17.0 Å². The van der Waals surface area contributed by atoms with Gasteiger partial charge in [0, 0.05) is 32.7 Å². The van der Waals surface area contributed by atoms with E-state index in [2.05, 4.69) is 6.58 Å². The van der Waals surface area contributed by atoms with Crippen LogP contribution in [0.1, 0.15) is 0 Å². The highest BCUT2D eigenvalue weighted by Crippen LogP contribution is 2.07. The molecular weight excluding hydrogens is 194 g/mol. The number of hydrazine groups is 2. The van der Waals surface area contributed by atoms with Crippen LogP contribution in [0.2, 0.25) is 0 Å². The van der Waals surface area contributed by atoms with Crippen LogP contribution in [0.15, 0.2) is 25.2 Å². The summed E-state index contributed by atoms with van der Waals surface area (Å²) < 4.78 is 0. The highest BCUT2D eigenvalue weighted by Gasteiger charge is 2.11.